The van der Waals surface area contributed by atoms with Crippen LogP contribution in [0, 0.1) is 11.8 Å². The Hall–Kier alpha value is -4.08. The van der Waals surface area contributed by atoms with Crippen molar-refractivity contribution >= 4 is 35.1 Å². The van der Waals surface area contributed by atoms with Crippen LogP contribution in [-0.4, -0.2) is 61.3 Å². The van der Waals surface area contributed by atoms with Gasteiger partial charge in [-0.1, -0.05) is 79.7 Å². The lowest BCUT2D eigenvalue weighted by atomic mass is 9.97. The van der Waals surface area contributed by atoms with E-state index in [0.29, 0.717) is 18.0 Å². The minimum Gasteiger partial charge on any atom is -0.481 e. The molecule has 2 aromatic carbocycles. The molecule has 2 aromatic rings. The van der Waals surface area contributed by atoms with Crippen LogP contribution in [0.25, 0.3) is 0 Å². The van der Waals surface area contributed by atoms with Crippen molar-refractivity contribution in [1.29, 1.82) is 0 Å². The fraction of sp³-hybridized carbons (Fsp3) is 0.543. The van der Waals surface area contributed by atoms with E-state index in [2.05, 4.69) is 27.7 Å². The van der Waals surface area contributed by atoms with E-state index in [0.717, 1.165) is 22.6 Å². The average Bonchev–Trinajstić information content (AvgIpc) is 2.98. The molecule has 0 fully saturated rings. The van der Waals surface area contributed by atoms with Gasteiger partial charge < -0.3 is 29.1 Å². The highest BCUT2D eigenvalue weighted by molar-refractivity contribution is 6.01. The largest absolute Gasteiger partial charge is 0.481 e. The van der Waals surface area contributed by atoms with Crippen LogP contribution in [0.15, 0.2) is 36.4 Å². The number of hydrogen-bond acceptors (Lipinski definition) is 7. The van der Waals surface area contributed by atoms with Crippen molar-refractivity contribution in [3.05, 3.63) is 47.5 Å². The molecule has 0 saturated carbocycles. The number of esters is 1. The van der Waals surface area contributed by atoms with Crippen LogP contribution in [0.3, 0.4) is 0 Å². The number of amides is 2. The summed E-state index contributed by atoms with van der Waals surface area (Å²) in [6.07, 6.45) is -1.01. The Labute approximate surface area is 266 Å². The lowest BCUT2D eigenvalue weighted by molar-refractivity contribution is -0.140. The van der Waals surface area contributed by atoms with Crippen LogP contribution < -0.4 is 19.3 Å². The normalized spacial score (nSPS) is 17.4. The number of nitrogens with zero attached hydrogens (tertiary/aromatic N) is 2. The number of rotatable bonds is 10. The molecule has 2 atom stereocenters. The highest BCUT2D eigenvalue weighted by Crippen LogP contribution is 2.42. The highest BCUT2D eigenvalue weighted by Gasteiger charge is 2.39. The number of ether oxygens (including phenoxy) is 3. The molecule has 4 rings (SSSR count). The van der Waals surface area contributed by atoms with Crippen molar-refractivity contribution in [2.75, 3.05) is 30.0 Å². The number of carboxylic acids is 1. The second-order valence-corrected chi connectivity index (χ2v) is 12.7. The molecule has 10 nitrogen and oxygen atoms in total. The van der Waals surface area contributed by atoms with Gasteiger partial charge in [-0.05, 0) is 46.9 Å². The number of fused-ring (bicyclic) bond motifs is 2. The van der Waals surface area contributed by atoms with Crippen LogP contribution >= 0.6 is 0 Å². The van der Waals surface area contributed by atoms with Gasteiger partial charge in [-0.3, -0.25) is 19.2 Å². The Morgan fingerprint density at radius 1 is 0.733 bits per heavy atom. The fourth-order valence-corrected chi connectivity index (χ4v) is 5.39. The van der Waals surface area contributed by atoms with E-state index >= 15 is 0 Å². The summed E-state index contributed by atoms with van der Waals surface area (Å²) in [5, 5.41) is 8.93. The van der Waals surface area contributed by atoms with Crippen LogP contribution in [0.1, 0.15) is 91.2 Å². The van der Waals surface area contributed by atoms with Crippen molar-refractivity contribution < 1.29 is 38.5 Å². The van der Waals surface area contributed by atoms with Gasteiger partial charge in [0.2, 0.25) is 0 Å². The van der Waals surface area contributed by atoms with Gasteiger partial charge >= 0.3 is 11.9 Å². The molecule has 0 aliphatic carbocycles. The summed E-state index contributed by atoms with van der Waals surface area (Å²) in [5.74, 6) is 0.582. The Balaban J connectivity index is 0.000000246. The Bertz CT molecular complexity index is 1380. The number of carbonyl (C=O) groups excluding carboxylic acids is 3. The van der Waals surface area contributed by atoms with E-state index in [1.54, 1.807) is 9.80 Å². The van der Waals surface area contributed by atoms with Crippen LogP contribution in [0.2, 0.25) is 0 Å². The van der Waals surface area contributed by atoms with Gasteiger partial charge in [0.25, 0.3) is 11.8 Å². The fourth-order valence-electron chi connectivity index (χ4n) is 5.39. The summed E-state index contributed by atoms with van der Waals surface area (Å²) in [4.78, 5) is 51.0. The molecule has 10 heteroatoms. The minimum atomic E-state index is -0.915. The average molecular weight is 625 g/mol. The van der Waals surface area contributed by atoms with E-state index in [1.165, 1.54) is 7.11 Å². The van der Waals surface area contributed by atoms with E-state index in [4.69, 9.17) is 19.3 Å². The van der Waals surface area contributed by atoms with Gasteiger partial charge in [0.05, 0.1) is 31.3 Å². The van der Waals surface area contributed by atoms with Crippen molar-refractivity contribution in [3.63, 3.8) is 0 Å². The standard InChI is InChI=1S/C18H25NO4.C17H23NO4/c1-11(2)13-7-6-8-14-17(13)23-16(12(3)4)18(21)19(14)10-9-15(20)22-5;1-10(2)12-6-5-7-13-16(12)22-15(11(3)4)17(21)18(13)9-8-14(19)20/h6-8,11-12,16H,9-10H2,1-5H3;5-7,10-11,15H,8-9H2,1-4H3,(H,19,20). The maximum absolute atomic E-state index is 12.8. The molecule has 0 spiro atoms. The molecule has 2 unspecified atom stereocenters. The maximum Gasteiger partial charge on any atom is 0.307 e. The van der Waals surface area contributed by atoms with Crippen molar-refractivity contribution in [2.24, 2.45) is 11.8 Å². The number of carbonyl (C=O) groups is 4. The number of benzene rings is 2. The Morgan fingerprint density at radius 3 is 1.47 bits per heavy atom. The number of aliphatic carboxylic acids is 1. The van der Waals surface area contributed by atoms with Crippen molar-refractivity contribution in [1.82, 2.24) is 0 Å². The summed E-state index contributed by atoms with van der Waals surface area (Å²) in [6.45, 7) is 16.6. The first-order valence-corrected chi connectivity index (χ1v) is 15.7. The van der Waals surface area contributed by atoms with Gasteiger partial charge in [0.1, 0.15) is 11.5 Å². The number of hydrogen-bond donors (Lipinski definition) is 1. The number of para-hydroxylation sites is 2. The second-order valence-electron chi connectivity index (χ2n) is 12.7. The van der Waals surface area contributed by atoms with E-state index in [1.807, 2.05) is 64.1 Å². The monoisotopic (exact) mass is 624 g/mol. The number of anilines is 2. The third kappa shape index (κ3) is 8.15. The molecular weight excluding hydrogens is 576 g/mol. The molecule has 1 N–H and O–H groups in total. The summed E-state index contributed by atoms with van der Waals surface area (Å²) < 4.78 is 16.7. The molecule has 2 amide bonds. The Kier molecular flexibility index (Phi) is 12.0. The summed E-state index contributed by atoms with van der Waals surface area (Å²) in [7, 11) is 1.35. The predicted molar refractivity (Wildman–Crippen MR) is 173 cm³/mol. The molecule has 2 aliphatic heterocycles. The molecule has 0 radical (unpaired) electrons. The first kappa shape index (κ1) is 35.4. The van der Waals surface area contributed by atoms with Crippen molar-refractivity contribution in [3.8, 4) is 11.5 Å². The van der Waals surface area contributed by atoms with Crippen LogP contribution in [0.4, 0.5) is 11.4 Å². The quantitative estimate of drug-likeness (QED) is 0.312. The predicted octanol–water partition coefficient (Wildman–Crippen LogP) is 6.16. The molecule has 0 bridgehead atoms. The smallest absolute Gasteiger partial charge is 0.307 e. The molecule has 2 heterocycles. The lowest BCUT2D eigenvalue weighted by Crippen LogP contribution is -2.49. The second kappa shape index (κ2) is 15.3. The first-order chi connectivity index (χ1) is 21.2. The molecule has 2 aliphatic rings. The molecule has 0 saturated heterocycles. The van der Waals surface area contributed by atoms with Crippen molar-refractivity contribution in [2.45, 2.75) is 92.3 Å². The number of methoxy groups -OCH3 is 1. The zero-order valence-electron chi connectivity index (χ0n) is 28.0. The molecule has 45 heavy (non-hydrogen) atoms. The van der Waals surface area contributed by atoms with E-state index in [9.17, 15) is 19.2 Å². The lowest BCUT2D eigenvalue weighted by Gasteiger charge is -2.37. The van der Waals surface area contributed by atoms with E-state index in [-0.39, 0.29) is 60.8 Å². The van der Waals surface area contributed by atoms with Gasteiger partial charge in [0.15, 0.2) is 12.2 Å². The molecule has 246 valence electrons. The summed E-state index contributed by atoms with van der Waals surface area (Å²) in [5.41, 5.74) is 3.52. The SMILES string of the molecule is CC(C)c1cccc2c1OC(C(C)C)C(=O)N2CCC(=O)O.COC(=O)CCN1C(=O)C(C(C)C)Oc2c(C(C)C)cccc21. The maximum atomic E-state index is 12.8. The molecular formula is C35H48N2O8. The minimum absolute atomic E-state index is 0.0215. The van der Waals surface area contributed by atoms with Crippen LogP contribution in [0.5, 0.6) is 11.5 Å². The third-order valence-electron chi connectivity index (χ3n) is 7.91. The third-order valence-corrected chi connectivity index (χ3v) is 7.91. The zero-order valence-corrected chi connectivity index (χ0v) is 28.0. The van der Waals surface area contributed by atoms with Gasteiger partial charge in [-0.2, -0.15) is 0 Å². The highest BCUT2D eigenvalue weighted by atomic mass is 16.5. The topological polar surface area (TPSA) is 123 Å². The summed E-state index contributed by atoms with van der Waals surface area (Å²) in [6, 6.07) is 11.5. The Morgan fingerprint density at radius 2 is 1.13 bits per heavy atom. The molecule has 0 aromatic heterocycles. The number of carboxylic acid groups (broad SMARTS) is 1. The van der Waals surface area contributed by atoms with Crippen LogP contribution in [-0.2, 0) is 23.9 Å². The van der Waals surface area contributed by atoms with Gasteiger partial charge in [-0.25, -0.2) is 0 Å². The van der Waals surface area contributed by atoms with E-state index < -0.39 is 18.2 Å². The van der Waals surface area contributed by atoms with Gasteiger partial charge in [-0.15, -0.1) is 0 Å². The summed E-state index contributed by atoms with van der Waals surface area (Å²) >= 11 is 0. The first-order valence-electron chi connectivity index (χ1n) is 15.7. The van der Waals surface area contributed by atoms with Gasteiger partial charge in [0, 0.05) is 13.1 Å². The zero-order chi connectivity index (χ0) is 33.6.